The molecule has 0 aromatic heterocycles. The number of nitrogens with zero attached hydrogens (tertiary/aromatic N) is 2. The Morgan fingerprint density at radius 1 is 0.971 bits per heavy atom. The van der Waals surface area contributed by atoms with E-state index in [9.17, 15) is 9.59 Å². The molecular weight excluding hydrogens is 448 g/mol. The maximum atomic E-state index is 12.6. The summed E-state index contributed by atoms with van der Waals surface area (Å²) in [4.78, 5) is 29.7. The third-order valence-electron chi connectivity index (χ3n) is 6.88. The molecule has 5 rings (SSSR count). The van der Waals surface area contributed by atoms with E-state index in [-0.39, 0.29) is 19.4 Å². The second-order valence-corrected chi connectivity index (χ2v) is 9.16. The molecule has 0 bridgehead atoms. The van der Waals surface area contributed by atoms with Crippen LogP contribution in [-0.2, 0) is 27.3 Å². The highest BCUT2D eigenvalue weighted by atomic mass is 16.7. The molecule has 2 aromatic rings. The summed E-state index contributed by atoms with van der Waals surface area (Å²) in [5.74, 6) is 0.0312. The molecule has 2 amide bonds. The fraction of sp³-hybridized carbons (Fsp3) is 0.462. The summed E-state index contributed by atoms with van der Waals surface area (Å²) in [6, 6.07) is 12.0. The minimum atomic E-state index is -0.657. The van der Waals surface area contributed by atoms with Gasteiger partial charge in [-0.15, -0.1) is 0 Å². The smallest absolute Gasteiger partial charge is 0.309 e. The SMILES string of the molecule is CN1CCCc2cc([C@H](CNC(=O)C(=O)NCc3ccc4c(c3)OCO4)N3CCOCC3)ccc21. The Morgan fingerprint density at radius 3 is 2.63 bits per heavy atom. The Bertz CT molecular complexity index is 1090. The van der Waals surface area contributed by atoms with E-state index in [1.807, 2.05) is 12.1 Å². The van der Waals surface area contributed by atoms with Gasteiger partial charge in [-0.3, -0.25) is 14.5 Å². The van der Waals surface area contributed by atoms with Crippen LogP contribution in [0.5, 0.6) is 11.5 Å². The Labute approximate surface area is 205 Å². The number of aryl methyl sites for hydroxylation is 1. The van der Waals surface area contributed by atoms with Crippen molar-refractivity contribution in [2.45, 2.75) is 25.4 Å². The monoisotopic (exact) mass is 480 g/mol. The highest BCUT2D eigenvalue weighted by molar-refractivity contribution is 6.35. The van der Waals surface area contributed by atoms with Crippen LogP contribution in [-0.4, -0.2) is 69.9 Å². The predicted octanol–water partition coefficient (Wildman–Crippen LogP) is 1.60. The predicted molar refractivity (Wildman–Crippen MR) is 131 cm³/mol. The van der Waals surface area contributed by atoms with E-state index < -0.39 is 11.8 Å². The minimum Gasteiger partial charge on any atom is -0.454 e. The molecule has 1 fully saturated rings. The number of hydrogen-bond acceptors (Lipinski definition) is 7. The first kappa shape index (κ1) is 23.4. The van der Waals surface area contributed by atoms with Crippen LogP contribution in [0.2, 0.25) is 0 Å². The Kier molecular flexibility index (Phi) is 7.06. The average molecular weight is 481 g/mol. The zero-order chi connectivity index (χ0) is 24.2. The fourth-order valence-corrected chi connectivity index (χ4v) is 4.94. The Hall–Kier alpha value is -3.30. The second kappa shape index (κ2) is 10.5. The molecule has 0 aliphatic carbocycles. The number of carbonyl (C=O) groups is 2. The van der Waals surface area contributed by atoms with Gasteiger partial charge in [0, 0.05) is 45.5 Å². The number of anilines is 1. The number of morpholine rings is 1. The molecule has 9 nitrogen and oxygen atoms in total. The molecule has 9 heteroatoms. The summed E-state index contributed by atoms with van der Waals surface area (Å²) in [5.41, 5.74) is 4.60. The van der Waals surface area contributed by atoms with Gasteiger partial charge < -0.3 is 29.7 Å². The molecular formula is C26H32N4O5. The zero-order valence-electron chi connectivity index (χ0n) is 20.0. The first-order valence-electron chi connectivity index (χ1n) is 12.2. The Morgan fingerprint density at radius 2 is 1.77 bits per heavy atom. The fourth-order valence-electron chi connectivity index (χ4n) is 4.94. The number of rotatable bonds is 6. The quantitative estimate of drug-likeness (QED) is 0.607. The highest BCUT2D eigenvalue weighted by Crippen LogP contribution is 2.33. The first-order valence-corrected chi connectivity index (χ1v) is 12.2. The molecule has 186 valence electrons. The Balaban J connectivity index is 1.22. The van der Waals surface area contributed by atoms with Crippen LogP contribution >= 0.6 is 0 Å². The van der Waals surface area contributed by atoms with Gasteiger partial charge in [-0.2, -0.15) is 0 Å². The van der Waals surface area contributed by atoms with Crippen molar-refractivity contribution < 1.29 is 23.8 Å². The number of amides is 2. The van der Waals surface area contributed by atoms with Crippen LogP contribution < -0.4 is 25.0 Å². The van der Waals surface area contributed by atoms with Crippen molar-refractivity contribution in [1.82, 2.24) is 15.5 Å². The van der Waals surface area contributed by atoms with Gasteiger partial charge in [-0.1, -0.05) is 18.2 Å². The molecule has 3 aliphatic heterocycles. The molecule has 1 saturated heterocycles. The van der Waals surface area contributed by atoms with E-state index in [0.29, 0.717) is 31.3 Å². The molecule has 3 aliphatic rings. The topological polar surface area (TPSA) is 92.4 Å². The van der Waals surface area contributed by atoms with Gasteiger partial charge in [-0.25, -0.2) is 0 Å². The zero-order valence-corrected chi connectivity index (χ0v) is 20.0. The second-order valence-electron chi connectivity index (χ2n) is 9.16. The summed E-state index contributed by atoms with van der Waals surface area (Å²) in [7, 11) is 2.12. The van der Waals surface area contributed by atoms with Crippen molar-refractivity contribution in [2.75, 3.05) is 58.1 Å². The van der Waals surface area contributed by atoms with Gasteiger partial charge in [0.15, 0.2) is 11.5 Å². The van der Waals surface area contributed by atoms with Crippen LogP contribution in [0.3, 0.4) is 0 Å². The number of benzene rings is 2. The van der Waals surface area contributed by atoms with Gasteiger partial charge in [-0.05, 0) is 47.7 Å². The van der Waals surface area contributed by atoms with Crippen LogP contribution in [0.1, 0.15) is 29.2 Å². The van der Waals surface area contributed by atoms with Gasteiger partial charge in [0.05, 0.1) is 19.3 Å². The number of hydrogen-bond donors (Lipinski definition) is 2. The van der Waals surface area contributed by atoms with Gasteiger partial charge in [0.1, 0.15) is 0 Å². The van der Waals surface area contributed by atoms with E-state index in [2.05, 4.69) is 45.7 Å². The third-order valence-corrected chi connectivity index (χ3v) is 6.88. The maximum absolute atomic E-state index is 12.6. The van der Waals surface area contributed by atoms with Gasteiger partial charge in [0.25, 0.3) is 0 Å². The lowest BCUT2D eigenvalue weighted by Crippen LogP contribution is -2.46. The van der Waals surface area contributed by atoms with Crippen molar-refractivity contribution in [3.05, 3.63) is 53.1 Å². The van der Waals surface area contributed by atoms with Crippen molar-refractivity contribution in [2.24, 2.45) is 0 Å². The lowest BCUT2D eigenvalue weighted by atomic mass is 9.95. The van der Waals surface area contributed by atoms with Gasteiger partial charge >= 0.3 is 11.8 Å². The lowest BCUT2D eigenvalue weighted by molar-refractivity contribution is -0.139. The first-order chi connectivity index (χ1) is 17.1. The van der Waals surface area contributed by atoms with Crippen LogP contribution in [0.4, 0.5) is 5.69 Å². The van der Waals surface area contributed by atoms with Crippen LogP contribution in [0.15, 0.2) is 36.4 Å². The highest BCUT2D eigenvalue weighted by Gasteiger charge is 2.26. The lowest BCUT2D eigenvalue weighted by Gasteiger charge is -2.36. The van der Waals surface area contributed by atoms with E-state index in [1.165, 1.54) is 11.3 Å². The maximum Gasteiger partial charge on any atom is 0.309 e. The minimum absolute atomic E-state index is 0.0259. The molecule has 35 heavy (non-hydrogen) atoms. The number of fused-ring (bicyclic) bond motifs is 2. The van der Waals surface area contributed by atoms with Crippen LogP contribution in [0.25, 0.3) is 0 Å². The molecule has 0 spiro atoms. The van der Waals surface area contributed by atoms with Crippen molar-refractivity contribution in [3.63, 3.8) is 0 Å². The number of ether oxygens (including phenoxy) is 3. The normalized spacial score (nSPS) is 18.0. The molecule has 0 saturated carbocycles. The molecule has 0 radical (unpaired) electrons. The molecule has 1 atom stereocenters. The van der Waals surface area contributed by atoms with E-state index in [4.69, 9.17) is 14.2 Å². The summed E-state index contributed by atoms with van der Waals surface area (Å²) in [5, 5.41) is 5.55. The standard InChI is InChI=1S/C26H32N4O5/c1-29-8-2-3-19-14-20(5-6-21(19)29)22(30-9-11-33-12-10-30)16-28-26(32)25(31)27-15-18-4-7-23-24(13-18)35-17-34-23/h4-7,13-14,22H,2-3,8-12,15-17H2,1H3,(H,27,31)(H,28,32)/t22-/m0/s1. The summed E-state index contributed by atoms with van der Waals surface area (Å²) in [6.45, 7) is 4.73. The summed E-state index contributed by atoms with van der Waals surface area (Å²) >= 11 is 0. The van der Waals surface area contributed by atoms with E-state index in [0.717, 1.165) is 43.6 Å². The molecule has 2 aromatic carbocycles. The van der Waals surface area contributed by atoms with Crippen molar-refractivity contribution >= 4 is 17.5 Å². The van der Waals surface area contributed by atoms with E-state index in [1.54, 1.807) is 6.07 Å². The van der Waals surface area contributed by atoms with Gasteiger partial charge in [0.2, 0.25) is 6.79 Å². The summed E-state index contributed by atoms with van der Waals surface area (Å²) < 4.78 is 16.2. The average Bonchev–Trinajstić information content (AvgIpc) is 3.36. The van der Waals surface area contributed by atoms with E-state index >= 15 is 0 Å². The van der Waals surface area contributed by atoms with Crippen LogP contribution in [0, 0.1) is 0 Å². The number of carbonyl (C=O) groups excluding carboxylic acids is 2. The third kappa shape index (κ3) is 5.36. The van der Waals surface area contributed by atoms with Crippen molar-refractivity contribution in [1.29, 1.82) is 0 Å². The summed E-state index contributed by atoms with van der Waals surface area (Å²) in [6.07, 6.45) is 2.19. The molecule has 2 N–H and O–H groups in total. The largest absolute Gasteiger partial charge is 0.454 e. The van der Waals surface area contributed by atoms with Crippen molar-refractivity contribution in [3.8, 4) is 11.5 Å². The molecule has 0 unspecified atom stereocenters. The number of nitrogens with one attached hydrogen (secondary N) is 2. The molecule has 3 heterocycles.